The van der Waals surface area contributed by atoms with Crippen LogP contribution >= 0.6 is 0 Å². The van der Waals surface area contributed by atoms with Crippen molar-refractivity contribution in [1.82, 2.24) is 23.9 Å². The number of nitrogens with zero attached hydrogens (tertiary/aromatic N) is 5. The lowest BCUT2D eigenvalue weighted by Gasteiger charge is -2.34. The summed E-state index contributed by atoms with van der Waals surface area (Å²) in [7, 11) is -3.36. The molecular weight excluding hydrogens is 399 g/mol. The first-order valence-corrected chi connectivity index (χ1v) is 10.9. The first-order chi connectivity index (χ1) is 13.7. The predicted octanol–water partition coefficient (Wildman–Crippen LogP) is 1.05. The quantitative estimate of drug-likeness (QED) is 0.649. The molecule has 0 radical (unpaired) electrons. The smallest absolute Gasteiger partial charge is 0.241 e. The fourth-order valence-corrected chi connectivity index (χ4v) is 4.28. The number of anilines is 1. The zero-order valence-corrected chi connectivity index (χ0v) is 16.8. The van der Waals surface area contributed by atoms with E-state index in [1.807, 2.05) is 19.1 Å². The molecule has 29 heavy (non-hydrogen) atoms. The molecule has 1 fully saturated rings. The van der Waals surface area contributed by atoms with Gasteiger partial charge in [0.1, 0.15) is 5.52 Å². The number of aryl methyl sites for hydroxylation is 1. The molecule has 1 aliphatic heterocycles. The average Bonchev–Trinajstić information content (AvgIpc) is 2.99. The van der Waals surface area contributed by atoms with Gasteiger partial charge >= 0.3 is 0 Å². The van der Waals surface area contributed by atoms with Crippen LogP contribution < -0.4 is 5.32 Å². The van der Waals surface area contributed by atoms with Crippen LogP contribution in [0.3, 0.4) is 0 Å². The highest BCUT2D eigenvalue weighted by molar-refractivity contribution is 7.88. The molecule has 3 aromatic heterocycles. The van der Waals surface area contributed by atoms with Gasteiger partial charge in [0.05, 0.1) is 36.0 Å². The third-order valence-electron chi connectivity index (χ3n) is 4.97. The normalized spacial score (nSPS) is 20.8. The van der Waals surface area contributed by atoms with E-state index >= 15 is 0 Å². The van der Waals surface area contributed by atoms with Crippen LogP contribution in [0, 0.1) is 12.7 Å². The van der Waals surface area contributed by atoms with Gasteiger partial charge < -0.3 is 10.4 Å². The highest BCUT2D eigenvalue weighted by Gasteiger charge is 2.32. The molecular formula is C18H21FN6O3S. The van der Waals surface area contributed by atoms with Gasteiger partial charge in [0.25, 0.3) is 0 Å². The Morgan fingerprint density at radius 1 is 1.31 bits per heavy atom. The molecule has 9 nitrogen and oxygen atoms in total. The Kier molecular flexibility index (Phi) is 4.97. The molecule has 11 heteroatoms. The van der Waals surface area contributed by atoms with Crippen molar-refractivity contribution in [2.45, 2.75) is 25.5 Å². The van der Waals surface area contributed by atoms with Crippen molar-refractivity contribution >= 4 is 21.5 Å². The molecule has 1 saturated heterocycles. The van der Waals surface area contributed by atoms with E-state index in [-0.39, 0.29) is 24.6 Å². The molecule has 1 aliphatic rings. The Morgan fingerprint density at radius 2 is 2.10 bits per heavy atom. The van der Waals surface area contributed by atoms with Crippen LogP contribution in [0.5, 0.6) is 0 Å². The van der Waals surface area contributed by atoms with E-state index in [1.54, 1.807) is 6.20 Å². The predicted molar refractivity (Wildman–Crippen MR) is 105 cm³/mol. The Bertz CT molecular complexity index is 1170. The van der Waals surface area contributed by atoms with Gasteiger partial charge in [-0.05, 0) is 31.0 Å². The molecule has 154 valence electrons. The second-order valence-corrected chi connectivity index (χ2v) is 9.19. The Morgan fingerprint density at radius 3 is 2.79 bits per heavy atom. The number of nitrogens with one attached hydrogen (secondary N) is 1. The van der Waals surface area contributed by atoms with Crippen molar-refractivity contribution in [3.8, 4) is 11.4 Å². The number of fused-ring (bicyclic) bond motifs is 1. The highest BCUT2D eigenvalue weighted by atomic mass is 32.2. The van der Waals surface area contributed by atoms with Crippen LogP contribution in [0.2, 0.25) is 0 Å². The van der Waals surface area contributed by atoms with Crippen molar-refractivity contribution < 1.29 is 17.9 Å². The van der Waals surface area contributed by atoms with Crippen molar-refractivity contribution in [3.63, 3.8) is 0 Å². The van der Waals surface area contributed by atoms with Gasteiger partial charge in [-0.1, -0.05) is 0 Å². The number of halogens is 1. The minimum atomic E-state index is -3.36. The minimum Gasteiger partial charge on any atom is -0.390 e. The third-order valence-corrected chi connectivity index (χ3v) is 6.24. The first kappa shape index (κ1) is 19.7. The van der Waals surface area contributed by atoms with Crippen molar-refractivity contribution in [2.24, 2.45) is 0 Å². The van der Waals surface area contributed by atoms with E-state index in [4.69, 9.17) is 0 Å². The van der Waals surface area contributed by atoms with Crippen molar-refractivity contribution in [2.75, 3.05) is 24.7 Å². The summed E-state index contributed by atoms with van der Waals surface area (Å²) in [5.41, 5.74) is 2.26. The summed E-state index contributed by atoms with van der Waals surface area (Å²) in [5, 5.41) is 17.8. The summed E-state index contributed by atoms with van der Waals surface area (Å²) in [6.07, 6.45) is 3.60. The van der Waals surface area contributed by atoms with Gasteiger partial charge in [-0.2, -0.15) is 4.31 Å². The fraction of sp³-hybridized carbons (Fsp3) is 0.389. The fourth-order valence-electron chi connectivity index (χ4n) is 3.42. The maximum absolute atomic E-state index is 14.3. The van der Waals surface area contributed by atoms with Gasteiger partial charge in [-0.25, -0.2) is 22.3 Å². The van der Waals surface area contributed by atoms with E-state index < -0.39 is 28.0 Å². The van der Waals surface area contributed by atoms with Crippen LogP contribution in [0.1, 0.15) is 12.0 Å². The molecule has 3 aromatic rings. The van der Waals surface area contributed by atoms with E-state index in [2.05, 4.69) is 20.4 Å². The molecule has 0 unspecified atom stereocenters. The number of rotatable bonds is 4. The van der Waals surface area contributed by atoms with Gasteiger partial charge in [0.2, 0.25) is 16.0 Å². The summed E-state index contributed by atoms with van der Waals surface area (Å²) in [6, 6.07) is 4.62. The SMILES string of the molecule is Cc1ccnc(-c2cc(F)c3cnc(N[C@@H]4CCN(S(C)(=O)=O)C[C@H]4O)nn23)c1. The monoisotopic (exact) mass is 420 g/mol. The number of piperidine rings is 1. The molecule has 0 spiro atoms. The Hall–Kier alpha value is -2.63. The number of β-amino-alcohol motifs (C(OH)–C–C–N with tert-alkyl or cyclic N) is 1. The number of aliphatic hydroxyl groups excluding tert-OH is 1. The molecule has 0 aliphatic carbocycles. The molecule has 0 saturated carbocycles. The number of hydrogen-bond donors (Lipinski definition) is 2. The van der Waals surface area contributed by atoms with Crippen LogP contribution in [0.15, 0.2) is 30.6 Å². The van der Waals surface area contributed by atoms with E-state index in [1.165, 1.54) is 21.1 Å². The Labute approximate surface area is 167 Å². The highest BCUT2D eigenvalue weighted by Crippen LogP contribution is 2.24. The average molecular weight is 420 g/mol. The van der Waals surface area contributed by atoms with E-state index in [9.17, 15) is 17.9 Å². The van der Waals surface area contributed by atoms with Gasteiger partial charge in [-0.3, -0.25) is 4.98 Å². The van der Waals surface area contributed by atoms with Crippen LogP contribution in [0.4, 0.5) is 10.3 Å². The van der Waals surface area contributed by atoms with Gasteiger partial charge in [0, 0.05) is 25.4 Å². The summed E-state index contributed by atoms with van der Waals surface area (Å²) in [6.45, 7) is 2.20. The Balaban J connectivity index is 1.62. The molecule has 4 heterocycles. The van der Waals surface area contributed by atoms with Gasteiger partial charge in [0.15, 0.2) is 5.82 Å². The summed E-state index contributed by atoms with van der Waals surface area (Å²) in [5.74, 6) is -0.254. The molecule has 0 amide bonds. The van der Waals surface area contributed by atoms with Crippen molar-refractivity contribution in [3.05, 3.63) is 42.0 Å². The largest absolute Gasteiger partial charge is 0.390 e. The first-order valence-electron chi connectivity index (χ1n) is 9.09. The second-order valence-electron chi connectivity index (χ2n) is 7.20. The van der Waals surface area contributed by atoms with E-state index in [0.29, 0.717) is 17.8 Å². The number of hydrogen-bond acceptors (Lipinski definition) is 7. The summed E-state index contributed by atoms with van der Waals surface area (Å²) >= 11 is 0. The van der Waals surface area contributed by atoms with Crippen LogP contribution in [0.25, 0.3) is 16.9 Å². The molecule has 0 aromatic carbocycles. The van der Waals surface area contributed by atoms with Crippen LogP contribution in [-0.4, -0.2) is 68.9 Å². The summed E-state index contributed by atoms with van der Waals surface area (Å²) in [4.78, 5) is 8.43. The maximum atomic E-state index is 14.3. The number of aliphatic hydroxyl groups is 1. The number of sulfonamides is 1. The van der Waals surface area contributed by atoms with Crippen molar-refractivity contribution in [1.29, 1.82) is 0 Å². The number of pyridine rings is 1. The molecule has 2 N–H and O–H groups in total. The number of aromatic nitrogens is 4. The zero-order chi connectivity index (χ0) is 20.8. The minimum absolute atomic E-state index is 0.00461. The second kappa shape index (κ2) is 7.32. The lowest BCUT2D eigenvalue weighted by Crippen LogP contribution is -2.51. The van der Waals surface area contributed by atoms with E-state index in [0.717, 1.165) is 11.8 Å². The van der Waals surface area contributed by atoms with Crippen LogP contribution in [-0.2, 0) is 10.0 Å². The maximum Gasteiger partial charge on any atom is 0.241 e. The lowest BCUT2D eigenvalue weighted by molar-refractivity contribution is 0.0950. The molecule has 2 atom stereocenters. The zero-order valence-electron chi connectivity index (χ0n) is 15.9. The summed E-state index contributed by atoms with van der Waals surface area (Å²) < 4.78 is 40.3. The standard InChI is InChI=1S/C18H21FN6O3S/c1-11-3-5-20-14(7-11)15-8-12(19)16-9-21-18(23-25(15)16)22-13-4-6-24(10-17(13)26)29(2,27)28/h3,5,7-9,13,17,26H,4,6,10H2,1-2H3,(H,22,23)/t13-,17-/m1/s1. The third kappa shape index (κ3) is 3.93. The molecule has 4 rings (SSSR count). The lowest BCUT2D eigenvalue weighted by atomic mass is 10.0. The topological polar surface area (TPSA) is 113 Å². The van der Waals surface area contributed by atoms with Gasteiger partial charge in [-0.15, -0.1) is 5.10 Å². The molecule has 0 bridgehead atoms.